The first kappa shape index (κ1) is 15.5. The highest BCUT2D eigenvalue weighted by Gasteiger charge is 2.28. The highest BCUT2D eigenvalue weighted by Crippen LogP contribution is 2.23. The summed E-state index contributed by atoms with van der Waals surface area (Å²) in [5.41, 5.74) is 10.2. The summed E-state index contributed by atoms with van der Waals surface area (Å²) in [4.78, 5) is 2.10. The van der Waals surface area contributed by atoms with Crippen LogP contribution in [0.25, 0.3) is 0 Å². The minimum absolute atomic E-state index is 0.0911. The number of aryl methyl sites for hydroxylation is 2. The van der Waals surface area contributed by atoms with Gasteiger partial charge < -0.3 is 15.7 Å². The number of nitrogens with two attached hydrogens (primary N) is 1. The molecule has 2 aromatic carbocycles. The van der Waals surface area contributed by atoms with Crippen molar-refractivity contribution in [1.29, 1.82) is 0 Å². The molecule has 0 heterocycles. The molecule has 0 aliphatic rings. The van der Waals surface area contributed by atoms with Gasteiger partial charge in [-0.3, -0.25) is 0 Å². The van der Waals surface area contributed by atoms with Crippen molar-refractivity contribution in [2.24, 2.45) is 5.73 Å². The number of rotatable bonds is 5. The van der Waals surface area contributed by atoms with Gasteiger partial charge in [0.05, 0.1) is 12.1 Å². The van der Waals surface area contributed by atoms with Gasteiger partial charge in [-0.1, -0.05) is 36.4 Å². The fourth-order valence-corrected chi connectivity index (χ4v) is 2.69. The summed E-state index contributed by atoms with van der Waals surface area (Å²) in [6.07, 6.45) is 0. The summed E-state index contributed by atoms with van der Waals surface area (Å²) in [5, 5.41) is 9.79. The van der Waals surface area contributed by atoms with Gasteiger partial charge in [-0.05, 0) is 42.7 Å². The van der Waals surface area contributed by atoms with E-state index in [0.29, 0.717) is 6.54 Å². The standard InChI is InChI=1S/C18H24N2O/c1-14-9-15(2)11-17(10-14)20(3)12-18(19,13-21)16-7-5-4-6-8-16/h4-11,21H,12-13,19H2,1-3H3. The van der Waals surface area contributed by atoms with E-state index in [1.165, 1.54) is 11.1 Å². The van der Waals surface area contributed by atoms with Crippen LogP contribution in [0.15, 0.2) is 48.5 Å². The molecule has 3 heteroatoms. The SMILES string of the molecule is Cc1cc(C)cc(N(C)CC(N)(CO)c2ccccc2)c1. The van der Waals surface area contributed by atoms with Crippen LogP contribution in [-0.2, 0) is 5.54 Å². The molecule has 1 unspecified atom stereocenters. The van der Waals surface area contributed by atoms with Crippen LogP contribution in [0.5, 0.6) is 0 Å². The Kier molecular flexibility index (Phi) is 4.66. The van der Waals surface area contributed by atoms with Crippen molar-refractivity contribution in [2.45, 2.75) is 19.4 Å². The van der Waals surface area contributed by atoms with Crippen molar-refractivity contribution >= 4 is 5.69 Å². The molecule has 0 fully saturated rings. The molecule has 0 bridgehead atoms. The highest BCUT2D eigenvalue weighted by atomic mass is 16.3. The third-order valence-electron chi connectivity index (χ3n) is 3.80. The molecule has 2 aromatic rings. The van der Waals surface area contributed by atoms with E-state index in [-0.39, 0.29) is 6.61 Å². The minimum atomic E-state index is -0.770. The van der Waals surface area contributed by atoms with Crippen LogP contribution in [0.3, 0.4) is 0 Å². The Bertz CT molecular complexity index is 577. The molecular weight excluding hydrogens is 260 g/mol. The predicted octanol–water partition coefficient (Wildman–Crippen LogP) is 2.59. The van der Waals surface area contributed by atoms with Gasteiger partial charge in [0.1, 0.15) is 0 Å². The minimum Gasteiger partial charge on any atom is -0.394 e. The number of anilines is 1. The molecule has 0 aliphatic carbocycles. The van der Waals surface area contributed by atoms with Gasteiger partial charge in [0.25, 0.3) is 0 Å². The third kappa shape index (κ3) is 3.63. The molecule has 0 spiro atoms. The molecule has 0 amide bonds. The third-order valence-corrected chi connectivity index (χ3v) is 3.80. The molecule has 0 aliphatic heterocycles. The van der Waals surface area contributed by atoms with Gasteiger partial charge in [-0.15, -0.1) is 0 Å². The Hall–Kier alpha value is -1.84. The van der Waals surface area contributed by atoms with E-state index in [1.807, 2.05) is 37.4 Å². The van der Waals surface area contributed by atoms with E-state index in [9.17, 15) is 5.11 Å². The monoisotopic (exact) mass is 284 g/mol. The van der Waals surface area contributed by atoms with Gasteiger partial charge in [0.2, 0.25) is 0 Å². The smallest absolute Gasteiger partial charge is 0.0821 e. The zero-order chi connectivity index (χ0) is 15.5. The Morgan fingerprint density at radius 1 is 1.05 bits per heavy atom. The quantitative estimate of drug-likeness (QED) is 0.887. The summed E-state index contributed by atoms with van der Waals surface area (Å²) in [7, 11) is 2.01. The first-order valence-corrected chi connectivity index (χ1v) is 7.19. The summed E-state index contributed by atoms with van der Waals surface area (Å²) in [6.45, 7) is 4.63. The molecule has 112 valence electrons. The number of likely N-dealkylation sites (N-methyl/N-ethyl adjacent to an activating group) is 1. The molecule has 3 nitrogen and oxygen atoms in total. The molecule has 0 saturated carbocycles. The van der Waals surface area contributed by atoms with Crippen LogP contribution < -0.4 is 10.6 Å². The molecule has 0 saturated heterocycles. The second kappa shape index (κ2) is 6.29. The maximum atomic E-state index is 9.79. The van der Waals surface area contributed by atoms with Crippen LogP contribution in [0.4, 0.5) is 5.69 Å². The Morgan fingerprint density at radius 3 is 2.14 bits per heavy atom. The van der Waals surface area contributed by atoms with Crippen molar-refractivity contribution < 1.29 is 5.11 Å². The van der Waals surface area contributed by atoms with E-state index in [0.717, 1.165) is 11.3 Å². The molecule has 2 rings (SSSR count). The van der Waals surface area contributed by atoms with Gasteiger partial charge in [0, 0.05) is 19.3 Å². The molecule has 3 N–H and O–H groups in total. The summed E-state index contributed by atoms with van der Waals surface area (Å²) < 4.78 is 0. The van der Waals surface area contributed by atoms with Gasteiger partial charge in [0.15, 0.2) is 0 Å². The number of hydrogen-bond donors (Lipinski definition) is 2. The van der Waals surface area contributed by atoms with Crippen molar-refractivity contribution in [3.05, 3.63) is 65.2 Å². The number of nitrogens with zero attached hydrogens (tertiary/aromatic N) is 1. The topological polar surface area (TPSA) is 49.5 Å². The second-order valence-corrected chi connectivity index (χ2v) is 5.88. The zero-order valence-electron chi connectivity index (χ0n) is 13.0. The summed E-state index contributed by atoms with van der Waals surface area (Å²) in [5.74, 6) is 0. The zero-order valence-corrected chi connectivity index (χ0v) is 13.0. The van der Waals surface area contributed by atoms with E-state index in [1.54, 1.807) is 0 Å². The van der Waals surface area contributed by atoms with E-state index in [2.05, 4.69) is 36.9 Å². The maximum Gasteiger partial charge on any atom is 0.0821 e. The van der Waals surface area contributed by atoms with E-state index >= 15 is 0 Å². The lowest BCUT2D eigenvalue weighted by atomic mass is 9.91. The lowest BCUT2D eigenvalue weighted by Gasteiger charge is -2.34. The van der Waals surface area contributed by atoms with Crippen molar-refractivity contribution in [1.82, 2.24) is 0 Å². The number of aliphatic hydroxyl groups excluding tert-OH is 1. The van der Waals surface area contributed by atoms with E-state index in [4.69, 9.17) is 5.73 Å². The molecule has 0 aromatic heterocycles. The second-order valence-electron chi connectivity index (χ2n) is 5.88. The van der Waals surface area contributed by atoms with Crippen LogP contribution in [0.2, 0.25) is 0 Å². The number of aliphatic hydroxyl groups is 1. The Labute approximate surface area is 127 Å². The van der Waals surface area contributed by atoms with Crippen molar-refractivity contribution in [3.63, 3.8) is 0 Å². The lowest BCUT2D eigenvalue weighted by molar-refractivity contribution is 0.200. The predicted molar refractivity (Wildman–Crippen MR) is 88.6 cm³/mol. The van der Waals surface area contributed by atoms with Crippen molar-refractivity contribution in [2.75, 3.05) is 25.1 Å². The fourth-order valence-electron chi connectivity index (χ4n) is 2.69. The van der Waals surface area contributed by atoms with Gasteiger partial charge in [-0.2, -0.15) is 0 Å². The summed E-state index contributed by atoms with van der Waals surface area (Å²) >= 11 is 0. The fraction of sp³-hybridized carbons (Fsp3) is 0.333. The van der Waals surface area contributed by atoms with Crippen LogP contribution in [0, 0.1) is 13.8 Å². The van der Waals surface area contributed by atoms with Crippen LogP contribution >= 0.6 is 0 Å². The first-order valence-electron chi connectivity index (χ1n) is 7.19. The van der Waals surface area contributed by atoms with Crippen LogP contribution in [0.1, 0.15) is 16.7 Å². The molecular formula is C18H24N2O. The highest BCUT2D eigenvalue weighted by molar-refractivity contribution is 5.51. The van der Waals surface area contributed by atoms with Crippen LogP contribution in [-0.4, -0.2) is 25.3 Å². The lowest BCUT2D eigenvalue weighted by Crippen LogP contribution is -2.49. The van der Waals surface area contributed by atoms with Crippen molar-refractivity contribution in [3.8, 4) is 0 Å². The molecule has 0 radical (unpaired) electrons. The normalized spacial score (nSPS) is 13.8. The summed E-state index contributed by atoms with van der Waals surface area (Å²) in [6, 6.07) is 16.2. The largest absolute Gasteiger partial charge is 0.394 e. The maximum absolute atomic E-state index is 9.79. The van der Waals surface area contributed by atoms with Gasteiger partial charge >= 0.3 is 0 Å². The first-order chi connectivity index (χ1) is 9.94. The Morgan fingerprint density at radius 2 is 1.62 bits per heavy atom. The average Bonchev–Trinajstić information content (AvgIpc) is 2.47. The number of hydrogen-bond acceptors (Lipinski definition) is 3. The Balaban J connectivity index is 2.25. The van der Waals surface area contributed by atoms with E-state index < -0.39 is 5.54 Å². The molecule has 21 heavy (non-hydrogen) atoms. The molecule has 1 atom stereocenters. The van der Waals surface area contributed by atoms with Gasteiger partial charge in [-0.25, -0.2) is 0 Å². The average molecular weight is 284 g/mol. The number of benzene rings is 2.